The lowest BCUT2D eigenvalue weighted by Gasteiger charge is -2.38. The molecule has 2 aliphatic rings. The minimum absolute atomic E-state index is 0.0281. The number of hydrogen-bond donors (Lipinski definition) is 2. The summed E-state index contributed by atoms with van der Waals surface area (Å²) >= 11 is 6.71. The number of H-pyrrole nitrogens is 1. The molecule has 3 aromatic carbocycles. The topological polar surface area (TPSA) is 93.7 Å². The Hall–Kier alpha value is -4.60. The molecule has 0 radical (unpaired) electrons. The highest BCUT2D eigenvalue weighted by Gasteiger charge is 2.37. The van der Waals surface area contributed by atoms with Crippen LogP contribution in [0.3, 0.4) is 0 Å². The van der Waals surface area contributed by atoms with Crippen LogP contribution in [0.2, 0.25) is 5.02 Å². The fourth-order valence-electron chi connectivity index (χ4n) is 7.76. The molecule has 1 saturated heterocycles. The molecule has 5 aromatic rings. The maximum Gasteiger partial charge on any atom is 0.270 e. The van der Waals surface area contributed by atoms with Gasteiger partial charge in [0.1, 0.15) is 11.7 Å². The average molecular weight is 679 g/mol. The Morgan fingerprint density at radius 1 is 1.00 bits per heavy atom. The number of nitrogens with zero attached hydrogens (tertiary/aromatic N) is 4. The molecule has 49 heavy (non-hydrogen) atoms. The molecule has 0 bridgehead atoms. The van der Waals surface area contributed by atoms with Crippen molar-refractivity contribution in [1.29, 1.82) is 0 Å². The van der Waals surface area contributed by atoms with Gasteiger partial charge in [-0.05, 0) is 80.7 Å². The molecule has 254 valence electrons. The fraction of sp³-hybridized carbons (Fsp3) is 0.359. The second-order valence-electron chi connectivity index (χ2n) is 13.9. The molecular weight excluding hydrogens is 636 g/mol. The first-order chi connectivity index (χ1) is 23.7. The smallest absolute Gasteiger partial charge is 0.270 e. The van der Waals surface area contributed by atoms with E-state index in [1.165, 1.54) is 0 Å². The summed E-state index contributed by atoms with van der Waals surface area (Å²) in [5, 5.41) is 5.91. The van der Waals surface area contributed by atoms with Crippen molar-refractivity contribution >= 4 is 56.8 Å². The zero-order valence-electron chi connectivity index (χ0n) is 28.3. The number of anilines is 1. The van der Waals surface area contributed by atoms with Crippen molar-refractivity contribution in [3.8, 4) is 0 Å². The number of aromatic amines is 1. The number of benzene rings is 3. The lowest BCUT2D eigenvalue weighted by molar-refractivity contribution is -0.131. The molecule has 7 rings (SSSR count). The summed E-state index contributed by atoms with van der Waals surface area (Å²) in [6.45, 7) is 2.30. The van der Waals surface area contributed by atoms with Gasteiger partial charge in [0, 0.05) is 84.3 Å². The van der Waals surface area contributed by atoms with Crippen molar-refractivity contribution in [2.75, 3.05) is 45.2 Å². The number of aryl methyl sites for hydroxylation is 1. The van der Waals surface area contributed by atoms with Crippen molar-refractivity contribution in [3.63, 3.8) is 0 Å². The number of aromatic nitrogens is 2. The van der Waals surface area contributed by atoms with Gasteiger partial charge in [-0.15, -0.1) is 0 Å². The van der Waals surface area contributed by atoms with Crippen LogP contribution >= 0.6 is 11.6 Å². The number of likely N-dealkylation sites (tertiary alicyclic amines) is 1. The second-order valence-corrected chi connectivity index (χ2v) is 14.3. The summed E-state index contributed by atoms with van der Waals surface area (Å²) in [6, 6.07) is 22.8. The highest BCUT2D eigenvalue weighted by Crippen LogP contribution is 2.36. The molecule has 2 aromatic heterocycles. The molecule has 0 aliphatic carbocycles. The number of hydrogen-bond acceptors (Lipinski definition) is 4. The minimum atomic E-state index is -0.785. The van der Waals surface area contributed by atoms with E-state index in [2.05, 4.69) is 15.2 Å². The van der Waals surface area contributed by atoms with E-state index >= 15 is 0 Å². The lowest BCUT2D eigenvalue weighted by atomic mass is 9.90. The quantitative estimate of drug-likeness (QED) is 0.222. The van der Waals surface area contributed by atoms with Crippen LogP contribution in [0.25, 0.3) is 21.8 Å². The summed E-state index contributed by atoms with van der Waals surface area (Å²) in [6.07, 6.45) is 4.12. The van der Waals surface area contributed by atoms with Gasteiger partial charge >= 0.3 is 0 Å². The van der Waals surface area contributed by atoms with Gasteiger partial charge in [0.2, 0.25) is 11.8 Å². The van der Waals surface area contributed by atoms with Crippen molar-refractivity contribution in [2.45, 2.75) is 31.7 Å². The second kappa shape index (κ2) is 13.7. The highest BCUT2D eigenvalue weighted by atomic mass is 35.5. The van der Waals surface area contributed by atoms with Crippen LogP contribution in [0.1, 0.15) is 34.5 Å². The SMILES string of the molecule is CN(C)C[C@H]1Cc2c(Cl)cccc2N(C(=O)[C@@H](Cc2c[nH]c3ccccc23)NC(=O)C2CCN(C(=O)c3cc4ccccc4n3C)CC2)C1. The third kappa shape index (κ3) is 6.57. The fourth-order valence-corrected chi connectivity index (χ4v) is 8.01. The molecule has 2 N–H and O–H groups in total. The Bertz CT molecular complexity index is 2020. The Balaban J connectivity index is 1.11. The van der Waals surface area contributed by atoms with E-state index in [0.29, 0.717) is 49.6 Å². The summed E-state index contributed by atoms with van der Waals surface area (Å²) < 4.78 is 1.94. The Morgan fingerprint density at radius 3 is 2.53 bits per heavy atom. The lowest BCUT2D eigenvalue weighted by Crippen LogP contribution is -2.54. The van der Waals surface area contributed by atoms with Crippen molar-refractivity contribution in [2.24, 2.45) is 18.9 Å². The normalized spacial score (nSPS) is 17.4. The van der Waals surface area contributed by atoms with Gasteiger partial charge in [-0.2, -0.15) is 0 Å². The van der Waals surface area contributed by atoms with Gasteiger partial charge in [-0.3, -0.25) is 14.4 Å². The van der Waals surface area contributed by atoms with E-state index < -0.39 is 6.04 Å². The number of rotatable bonds is 8. The van der Waals surface area contributed by atoms with Gasteiger partial charge in [0.25, 0.3) is 5.91 Å². The molecule has 4 heterocycles. The Labute approximate surface area is 291 Å². The van der Waals surface area contributed by atoms with Gasteiger partial charge in [-0.25, -0.2) is 0 Å². The number of carbonyl (C=O) groups excluding carboxylic acids is 3. The minimum Gasteiger partial charge on any atom is -0.361 e. The maximum atomic E-state index is 14.7. The number of halogens is 1. The molecule has 1 fully saturated rings. The number of amides is 3. The van der Waals surface area contributed by atoms with Crippen LogP contribution in [0, 0.1) is 11.8 Å². The molecule has 10 heteroatoms. The molecule has 9 nitrogen and oxygen atoms in total. The maximum absolute atomic E-state index is 14.7. The van der Waals surface area contributed by atoms with Crippen LogP contribution in [0.15, 0.2) is 79.0 Å². The van der Waals surface area contributed by atoms with E-state index in [4.69, 9.17) is 11.6 Å². The molecule has 0 spiro atoms. The number of nitrogens with one attached hydrogen (secondary N) is 2. The first-order valence-electron chi connectivity index (χ1n) is 17.1. The summed E-state index contributed by atoms with van der Waals surface area (Å²) in [5.41, 5.74) is 5.39. The zero-order chi connectivity index (χ0) is 34.2. The monoisotopic (exact) mass is 678 g/mol. The predicted molar refractivity (Wildman–Crippen MR) is 195 cm³/mol. The number of piperidine rings is 1. The molecule has 0 unspecified atom stereocenters. The van der Waals surface area contributed by atoms with Crippen molar-refractivity contribution in [1.82, 2.24) is 24.7 Å². The van der Waals surface area contributed by atoms with Crippen molar-refractivity contribution in [3.05, 3.63) is 101 Å². The zero-order valence-corrected chi connectivity index (χ0v) is 29.0. The Morgan fingerprint density at radius 2 is 1.76 bits per heavy atom. The van der Waals surface area contributed by atoms with Crippen LogP contribution in [-0.4, -0.2) is 83.4 Å². The summed E-state index contributed by atoms with van der Waals surface area (Å²) in [4.78, 5) is 51.4. The standard InChI is InChI=1S/C39H43ClN6O3/c1-43(2)23-25-19-30-31(40)11-8-14-35(30)46(24-25)38(48)33(20-28-22-41-32-12-6-5-10-29(28)32)42-37(47)26-15-17-45(18-16-26)39(49)36-21-27-9-4-7-13-34(27)44(36)3/h4-14,21-22,25-26,33,41H,15-20,23-24H2,1-3H3,(H,42,47)/t25-,33-/m1/s1. The van der Waals surface area contributed by atoms with Crippen LogP contribution in [-0.2, 0) is 29.5 Å². The summed E-state index contributed by atoms with van der Waals surface area (Å²) in [7, 11) is 5.99. The Kier molecular flexibility index (Phi) is 9.22. The van der Waals surface area contributed by atoms with Gasteiger partial charge in [0.15, 0.2) is 0 Å². The van der Waals surface area contributed by atoms with Gasteiger partial charge in [0.05, 0.1) is 0 Å². The van der Waals surface area contributed by atoms with E-state index in [-0.39, 0.29) is 29.6 Å². The molecule has 2 atom stereocenters. The number of para-hydroxylation sites is 2. The first kappa shape index (κ1) is 32.9. The van der Waals surface area contributed by atoms with E-state index in [1.54, 1.807) is 0 Å². The molecule has 0 saturated carbocycles. The first-order valence-corrected chi connectivity index (χ1v) is 17.5. The summed E-state index contributed by atoms with van der Waals surface area (Å²) in [5.74, 6) is -0.435. The van der Waals surface area contributed by atoms with Gasteiger partial charge < -0.3 is 29.6 Å². The van der Waals surface area contributed by atoms with Crippen LogP contribution in [0.4, 0.5) is 5.69 Å². The third-order valence-electron chi connectivity index (χ3n) is 10.2. The third-order valence-corrected chi connectivity index (χ3v) is 10.6. The van der Waals surface area contributed by atoms with Crippen LogP contribution < -0.4 is 10.2 Å². The number of fused-ring (bicyclic) bond motifs is 3. The molecule has 2 aliphatic heterocycles. The van der Waals surface area contributed by atoms with Crippen LogP contribution in [0.5, 0.6) is 0 Å². The molecule has 3 amide bonds. The largest absolute Gasteiger partial charge is 0.361 e. The number of carbonyl (C=O) groups is 3. The molecular formula is C39H43ClN6O3. The van der Waals surface area contributed by atoms with E-state index in [9.17, 15) is 14.4 Å². The van der Waals surface area contributed by atoms with Crippen molar-refractivity contribution < 1.29 is 14.4 Å². The van der Waals surface area contributed by atoms with E-state index in [0.717, 1.165) is 51.6 Å². The van der Waals surface area contributed by atoms with E-state index in [1.807, 2.05) is 115 Å². The van der Waals surface area contributed by atoms with Gasteiger partial charge in [-0.1, -0.05) is 54.1 Å². The highest BCUT2D eigenvalue weighted by molar-refractivity contribution is 6.32. The average Bonchev–Trinajstić information content (AvgIpc) is 3.67. The predicted octanol–water partition coefficient (Wildman–Crippen LogP) is 5.66.